The second kappa shape index (κ2) is 6.58. The van der Waals surface area contributed by atoms with Crippen LogP contribution in [0.1, 0.15) is 17.5 Å². The summed E-state index contributed by atoms with van der Waals surface area (Å²) in [6, 6.07) is 7.92. The normalized spacial score (nSPS) is 17.5. The first kappa shape index (κ1) is 16.0. The van der Waals surface area contributed by atoms with Crippen molar-refractivity contribution >= 4 is 15.9 Å². The van der Waals surface area contributed by atoms with E-state index in [0.717, 1.165) is 11.1 Å². The second-order valence-electron chi connectivity index (χ2n) is 5.56. The van der Waals surface area contributed by atoms with Crippen molar-refractivity contribution in [3.05, 3.63) is 35.4 Å². The maximum atomic E-state index is 12.3. The fourth-order valence-electron chi connectivity index (χ4n) is 2.58. The van der Waals surface area contributed by atoms with Crippen molar-refractivity contribution in [1.82, 2.24) is 9.21 Å². The summed E-state index contributed by atoms with van der Waals surface area (Å²) in [7, 11) is -3.17. The molecule has 0 saturated carbocycles. The summed E-state index contributed by atoms with van der Waals surface area (Å²) in [5, 5.41) is 0. The molecule has 0 spiro atoms. The van der Waals surface area contributed by atoms with Gasteiger partial charge < -0.3 is 4.90 Å². The van der Waals surface area contributed by atoms with Crippen LogP contribution in [0.25, 0.3) is 0 Å². The Balaban J connectivity index is 1.97. The van der Waals surface area contributed by atoms with Crippen molar-refractivity contribution in [3.8, 4) is 0 Å². The average molecular weight is 310 g/mol. The van der Waals surface area contributed by atoms with E-state index in [1.807, 2.05) is 31.2 Å². The zero-order chi connectivity index (χ0) is 15.5. The van der Waals surface area contributed by atoms with Crippen molar-refractivity contribution in [2.75, 3.05) is 32.4 Å². The molecule has 2 rings (SSSR count). The predicted octanol–water partition coefficient (Wildman–Crippen LogP) is 1.03. The van der Waals surface area contributed by atoms with E-state index >= 15 is 0 Å². The van der Waals surface area contributed by atoms with Crippen molar-refractivity contribution < 1.29 is 13.2 Å². The molecule has 1 saturated heterocycles. The maximum absolute atomic E-state index is 12.3. The molecule has 1 aliphatic heterocycles. The smallest absolute Gasteiger partial charge is 0.227 e. The summed E-state index contributed by atoms with van der Waals surface area (Å²) < 4.78 is 24.6. The lowest BCUT2D eigenvalue weighted by Crippen LogP contribution is -2.37. The number of hydrogen-bond donors (Lipinski definition) is 0. The molecule has 0 aliphatic carbocycles. The minimum Gasteiger partial charge on any atom is -0.341 e. The third-order valence-corrected chi connectivity index (χ3v) is 5.02. The summed E-state index contributed by atoms with van der Waals surface area (Å²) in [5.41, 5.74) is 2.14. The molecule has 0 atom stereocenters. The van der Waals surface area contributed by atoms with Gasteiger partial charge in [-0.2, -0.15) is 0 Å². The van der Waals surface area contributed by atoms with E-state index in [-0.39, 0.29) is 5.91 Å². The first-order chi connectivity index (χ1) is 9.86. The molecule has 116 valence electrons. The van der Waals surface area contributed by atoms with Gasteiger partial charge in [-0.1, -0.05) is 29.8 Å². The van der Waals surface area contributed by atoms with E-state index < -0.39 is 10.0 Å². The molecule has 1 fully saturated rings. The van der Waals surface area contributed by atoms with Gasteiger partial charge in [-0.05, 0) is 18.9 Å². The highest BCUT2D eigenvalue weighted by Gasteiger charge is 2.23. The number of carbonyl (C=O) groups is 1. The minimum atomic E-state index is -3.17. The topological polar surface area (TPSA) is 57.7 Å². The lowest BCUT2D eigenvalue weighted by molar-refractivity contribution is -0.130. The number of nitrogens with zero attached hydrogens (tertiary/aromatic N) is 2. The van der Waals surface area contributed by atoms with Gasteiger partial charge in [-0.3, -0.25) is 4.79 Å². The predicted molar refractivity (Wildman–Crippen MR) is 82.5 cm³/mol. The summed E-state index contributed by atoms with van der Waals surface area (Å²) in [6.45, 7) is 3.98. The zero-order valence-corrected chi connectivity index (χ0v) is 13.4. The maximum Gasteiger partial charge on any atom is 0.227 e. The van der Waals surface area contributed by atoms with Crippen LogP contribution < -0.4 is 0 Å². The Morgan fingerprint density at radius 2 is 1.95 bits per heavy atom. The number of benzene rings is 1. The molecule has 6 heteroatoms. The van der Waals surface area contributed by atoms with E-state index in [0.29, 0.717) is 39.0 Å². The number of amides is 1. The van der Waals surface area contributed by atoms with Crippen LogP contribution in [-0.4, -0.2) is 56.0 Å². The van der Waals surface area contributed by atoms with Gasteiger partial charge in [0.25, 0.3) is 0 Å². The van der Waals surface area contributed by atoms with Crippen LogP contribution in [0.15, 0.2) is 24.3 Å². The van der Waals surface area contributed by atoms with Gasteiger partial charge in [-0.25, -0.2) is 12.7 Å². The number of aryl methyl sites for hydroxylation is 1. The van der Waals surface area contributed by atoms with E-state index in [4.69, 9.17) is 0 Å². The van der Waals surface area contributed by atoms with Crippen LogP contribution in [0.5, 0.6) is 0 Å². The molecular weight excluding hydrogens is 288 g/mol. The molecule has 1 aromatic rings. The Bertz CT molecular complexity index is 613. The van der Waals surface area contributed by atoms with Crippen molar-refractivity contribution in [2.45, 2.75) is 19.8 Å². The lowest BCUT2D eigenvalue weighted by Gasteiger charge is -2.21. The highest BCUT2D eigenvalue weighted by atomic mass is 32.2. The molecule has 0 radical (unpaired) electrons. The number of hydrogen-bond acceptors (Lipinski definition) is 3. The molecule has 0 N–H and O–H groups in total. The lowest BCUT2D eigenvalue weighted by atomic mass is 10.1. The van der Waals surface area contributed by atoms with Gasteiger partial charge in [-0.15, -0.1) is 0 Å². The van der Waals surface area contributed by atoms with Gasteiger partial charge >= 0.3 is 0 Å². The molecule has 1 aromatic carbocycles. The Labute approximate surface area is 126 Å². The Morgan fingerprint density at radius 1 is 1.19 bits per heavy atom. The van der Waals surface area contributed by atoms with Gasteiger partial charge in [0.1, 0.15) is 0 Å². The number of rotatable bonds is 3. The van der Waals surface area contributed by atoms with Crippen molar-refractivity contribution in [2.24, 2.45) is 0 Å². The first-order valence-electron chi connectivity index (χ1n) is 7.15. The Kier molecular flexibility index (Phi) is 5.00. The molecule has 1 amide bonds. The summed E-state index contributed by atoms with van der Waals surface area (Å²) in [5.74, 6) is 0.0657. The molecule has 0 aromatic heterocycles. The first-order valence-corrected chi connectivity index (χ1v) is 8.99. The minimum absolute atomic E-state index is 0.0657. The van der Waals surface area contributed by atoms with Crippen LogP contribution in [0.3, 0.4) is 0 Å². The van der Waals surface area contributed by atoms with Crippen LogP contribution in [0.2, 0.25) is 0 Å². The monoisotopic (exact) mass is 310 g/mol. The molecule has 1 heterocycles. The van der Waals surface area contributed by atoms with E-state index in [2.05, 4.69) is 0 Å². The van der Waals surface area contributed by atoms with Gasteiger partial charge in [0.2, 0.25) is 15.9 Å². The molecular formula is C15H22N2O3S. The van der Waals surface area contributed by atoms with Crippen LogP contribution in [0, 0.1) is 6.92 Å². The van der Waals surface area contributed by atoms with E-state index in [1.54, 1.807) is 4.90 Å². The third-order valence-electron chi connectivity index (χ3n) is 3.71. The summed E-state index contributed by atoms with van der Waals surface area (Å²) in [4.78, 5) is 14.1. The number of carbonyl (C=O) groups excluding carboxylic acids is 1. The van der Waals surface area contributed by atoms with Crippen LogP contribution in [0.4, 0.5) is 0 Å². The SMILES string of the molecule is Cc1cccc(CC(=O)N2CCCN(S(C)(=O)=O)CC2)c1. The van der Waals surface area contributed by atoms with Gasteiger partial charge in [0.05, 0.1) is 12.7 Å². The molecule has 0 bridgehead atoms. The highest BCUT2D eigenvalue weighted by molar-refractivity contribution is 7.88. The molecule has 5 nitrogen and oxygen atoms in total. The van der Waals surface area contributed by atoms with Crippen LogP contribution in [-0.2, 0) is 21.2 Å². The second-order valence-corrected chi connectivity index (χ2v) is 7.54. The van der Waals surface area contributed by atoms with E-state index in [9.17, 15) is 13.2 Å². The van der Waals surface area contributed by atoms with Crippen molar-refractivity contribution in [1.29, 1.82) is 0 Å². The fraction of sp³-hybridized carbons (Fsp3) is 0.533. The van der Waals surface area contributed by atoms with Gasteiger partial charge in [0, 0.05) is 26.2 Å². The summed E-state index contributed by atoms with van der Waals surface area (Å²) >= 11 is 0. The average Bonchev–Trinajstić information content (AvgIpc) is 2.63. The highest BCUT2D eigenvalue weighted by Crippen LogP contribution is 2.10. The van der Waals surface area contributed by atoms with Crippen molar-refractivity contribution in [3.63, 3.8) is 0 Å². The largest absolute Gasteiger partial charge is 0.341 e. The fourth-order valence-corrected chi connectivity index (χ4v) is 3.46. The molecule has 21 heavy (non-hydrogen) atoms. The Hall–Kier alpha value is -1.40. The van der Waals surface area contributed by atoms with Gasteiger partial charge in [0.15, 0.2) is 0 Å². The summed E-state index contributed by atoms with van der Waals surface area (Å²) in [6.07, 6.45) is 2.28. The standard InChI is InChI=1S/C15H22N2O3S/c1-13-5-3-6-14(11-13)12-15(18)16-7-4-8-17(10-9-16)21(2,19)20/h3,5-6,11H,4,7-10,12H2,1-2H3. The Morgan fingerprint density at radius 3 is 2.62 bits per heavy atom. The molecule has 0 unspecified atom stereocenters. The third kappa shape index (κ3) is 4.54. The zero-order valence-electron chi connectivity index (χ0n) is 12.6. The molecule has 1 aliphatic rings. The quantitative estimate of drug-likeness (QED) is 0.838. The number of sulfonamides is 1. The van der Waals surface area contributed by atoms with Crippen LogP contribution >= 0.6 is 0 Å². The van der Waals surface area contributed by atoms with E-state index in [1.165, 1.54) is 10.6 Å².